The maximum atomic E-state index is 12.9. The predicted molar refractivity (Wildman–Crippen MR) is 182 cm³/mol. The third-order valence-electron chi connectivity index (χ3n) is 6.42. The molecule has 0 aliphatic rings. The van der Waals surface area contributed by atoms with E-state index in [-0.39, 0.29) is 31.1 Å². The van der Waals surface area contributed by atoms with Crippen LogP contribution < -0.4 is 10.2 Å². The summed E-state index contributed by atoms with van der Waals surface area (Å²) in [6, 6.07) is 18.2. The van der Waals surface area contributed by atoms with Crippen molar-refractivity contribution in [3.63, 3.8) is 0 Å². The standard InChI is InChI=1S/C34H39N7O5S/c1-7-41(17-11-18-45-32(43)23(2)3)26-14-15-27(28(21-26)36-29(42)16-19-46-33(44)34(4,5)6)38-40-31-24(22-35)20-30(47-31)39-37-25-12-9-8-10-13-25/h8-10,12-15,20-21H,2,7,11,16-19H2,1,3-6H3,(H,36,42). The van der Waals surface area contributed by atoms with Crippen molar-refractivity contribution in [1.82, 2.24) is 0 Å². The number of thiophene rings is 1. The molecule has 47 heavy (non-hydrogen) atoms. The Morgan fingerprint density at radius 1 is 1.00 bits per heavy atom. The van der Waals surface area contributed by atoms with Crippen LogP contribution >= 0.6 is 11.3 Å². The molecule has 0 fully saturated rings. The molecule has 13 heteroatoms. The van der Waals surface area contributed by atoms with Crippen LogP contribution in [0.4, 0.5) is 32.8 Å². The highest BCUT2D eigenvalue weighted by molar-refractivity contribution is 7.19. The second-order valence-electron chi connectivity index (χ2n) is 11.4. The highest BCUT2D eigenvalue weighted by atomic mass is 32.1. The molecule has 1 heterocycles. The quantitative estimate of drug-likeness (QED) is 0.0740. The number of hydrogen-bond donors (Lipinski definition) is 1. The molecule has 0 aliphatic heterocycles. The van der Waals surface area contributed by atoms with E-state index < -0.39 is 17.4 Å². The first-order chi connectivity index (χ1) is 22.4. The predicted octanol–water partition coefficient (Wildman–Crippen LogP) is 8.70. The van der Waals surface area contributed by atoms with Gasteiger partial charge in [-0.15, -0.1) is 20.5 Å². The summed E-state index contributed by atoms with van der Waals surface area (Å²) in [6.07, 6.45) is 0.516. The van der Waals surface area contributed by atoms with Gasteiger partial charge < -0.3 is 19.7 Å². The number of esters is 2. The summed E-state index contributed by atoms with van der Waals surface area (Å²) in [5, 5.41) is 30.5. The van der Waals surface area contributed by atoms with Gasteiger partial charge in [-0.3, -0.25) is 9.59 Å². The first-order valence-corrected chi connectivity index (χ1v) is 15.8. The van der Waals surface area contributed by atoms with Crippen molar-refractivity contribution in [3.8, 4) is 6.07 Å². The number of ether oxygens (including phenoxy) is 2. The molecule has 3 rings (SSSR count). The van der Waals surface area contributed by atoms with Gasteiger partial charge in [0.2, 0.25) is 5.91 Å². The van der Waals surface area contributed by atoms with Crippen LogP contribution in [0.5, 0.6) is 0 Å². The van der Waals surface area contributed by atoms with E-state index in [4.69, 9.17) is 9.47 Å². The molecule has 0 atom stereocenters. The number of carbonyl (C=O) groups excluding carboxylic acids is 3. The number of anilines is 2. The Bertz CT molecular complexity index is 1670. The van der Waals surface area contributed by atoms with E-state index in [9.17, 15) is 19.6 Å². The smallest absolute Gasteiger partial charge is 0.333 e. The van der Waals surface area contributed by atoms with E-state index in [1.807, 2.05) is 43.3 Å². The van der Waals surface area contributed by atoms with Crippen LogP contribution in [0.1, 0.15) is 53.0 Å². The van der Waals surface area contributed by atoms with Crippen LogP contribution in [-0.4, -0.2) is 44.1 Å². The van der Waals surface area contributed by atoms with Crippen molar-refractivity contribution in [1.29, 1.82) is 5.26 Å². The van der Waals surface area contributed by atoms with Gasteiger partial charge in [0.1, 0.15) is 23.4 Å². The first-order valence-electron chi connectivity index (χ1n) is 15.0. The second-order valence-corrected chi connectivity index (χ2v) is 12.4. The summed E-state index contributed by atoms with van der Waals surface area (Å²) in [5.74, 6) is -1.22. The lowest BCUT2D eigenvalue weighted by atomic mass is 9.97. The van der Waals surface area contributed by atoms with E-state index in [1.165, 1.54) is 0 Å². The Kier molecular flexibility index (Phi) is 13.5. The molecule has 3 aromatic rings. The summed E-state index contributed by atoms with van der Waals surface area (Å²) in [5.41, 5.74) is 2.14. The Hall–Kier alpha value is -5.22. The van der Waals surface area contributed by atoms with Crippen LogP contribution in [-0.2, 0) is 23.9 Å². The lowest BCUT2D eigenvalue weighted by molar-refractivity contribution is -0.153. The topological polar surface area (TPSA) is 158 Å². The van der Waals surface area contributed by atoms with Crippen molar-refractivity contribution in [2.24, 2.45) is 25.9 Å². The van der Waals surface area contributed by atoms with Crippen LogP contribution in [0, 0.1) is 16.7 Å². The molecule has 1 amide bonds. The molecule has 1 N–H and O–H groups in total. The van der Waals surface area contributed by atoms with Crippen LogP contribution in [0.3, 0.4) is 0 Å². The summed E-state index contributed by atoms with van der Waals surface area (Å²) >= 11 is 1.16. The Morgan fingerprint density at radius 2 is 1.74 bits per heavy atom. The largest absolute Gasteiger partial charge is 0.465 e. The fourth-order valence-electron chi connectivity index (χ4n) is 3.86. The summed E-state index contributed by atoms with van der Waals surface area (Å²) in [6.45, 7) is 13.8. The summed E-state index contributed by atoms with van der Waals surface area (Å²) < 4.78 is 10.5. The minimum atomic E-state index is -0.683. The SMILES string of the molecule is C=C(C)C(=O)OCCCN(CC)c1ccc(N=Nc2sc(N=Nc3ccccc3)cc2C#N)c(NC(=O)CCOC(=O)C(C)(C)C)c1. The van der Waals surface area contributed by atoms with Crippen molar-refractivity contribution >= 4 is 61.9 Å². The molecule has 246 valence electrons. The zero-order valence-corrected chi connectivity index (χ0v) is 28.1. The molecule has 0 radical (unpaired) electrons. The summed E-state index contributed by atoms with van der Waals surface area (Å²) in [7, 11) is 0. The molecule has 2 aromatic carbocycles. The number of nitrogens with one attached hydrogen (secondary N) is 1. The van der Waals surface area contributed by atoms with Crippen LogP contribution in [0.25, 0.3) is 0 Å². The lowest BCUT2D eigenvalue weighted by Crippen LogP contribution is -2.26. The lowest BCUT2D eigenvalue weighted by Gasteiger charge is -2.24. The maximum Gasteiger partial charge on any atom is 0.333 e. The van der Waals surface area contributed by atoms with Crippen molar-refractivity contribution < 1.29 is 23.9 Å². The summed E-state index contributed by atoms with van der Waals surface area (Å²) in [4.78, 5) is 38.8. The molecule has 12 nitrogen and oxygen atoms in total. The Labute approximate surface area is 278 Å². The monoisotopic (exact) mass is 657 g/mol. The van der Waals surface area contributed by atoms with Gasteiger partial charge in [-0.25, -0.2) is 4.79 Å². The fourth-order valence-corrected chi connectivity index (χ4v) is 4.61. The number of benzene rings is 2. The molecule has 0 saturated carbocycles. The molecule has 0 aliphatic carbocycles. The second kappa shape index (κ2) is 17.5. The molecule has 0 saturated heterocycles. The number of nitrogens with zero attached hydrogens (tertiary/aromatic N) is 6. The van der Waals surface area contributed by atoms with E-state index in [2.05, 4.69) is 43.3 Å². The Balaban J connectivity index is 1.83. The number of hydrogen-bond acceptors (Lipinski definition) is 12. The van der Waals surface area contributed by atoms with Crippen molar-refractivity contribution in [2.45, 2.75) is 47.5 Å². The zero-order valence-electron chi connectivity index (χ0n) is 27.3. The van der Waals surface area contributed by atoms with Crippen LogP contribution in [0.2, 0.25) is 0 Å². The highest BCUT2D eigenvalue weighted by Crippen LogP contribution is 2.39. The molecular formula is C34H39N7O5S. The van der Waals surface area contributed by atoms with Gasteiger partial charge in [0.25, 0.3) is 0 Å². The number of rotatable bonds is 15. The van der Waals surface area contributed by atoms with E-state index in [0.29, 0.717) is 52.1 Å². The van der Waals surface area contributed by atoms with Gasteiger partial charge in [-0.05, 0) is 77.4 Å². The third-order valence-corrected chi connectivity index (χ3v) is 7.32. The molecule has 0 spiro atoms. The van der Waals surface area contributed by atoms with Crippen molar-refractivity contribution in [2.75, 3.05) is 36.5 Å². The van der Waals surface area contributed by atoms with Gasteiger partial charge in [0.15, 0.2) is 5.00 Å². The molecule has 1 aromatic heterocycles. The highest BCUT2D eigenvalue weighted by Gasteiger charge is 2.23. The van der Waals surface area contributed by atoms with E-state index in [1.54, 1.807) is 45.9 Å². The van der Waals surface area contributed by atoms with Gasteiger partial charge in [-0.1, -0.05) is 36.1 Å². The van der Waals surface area contributed by atoms with Gasteiger partial charge >= 0.3 is 11.9 Å². The average Bonchev–Trinajstić information content (AvgIpc) is 3.45. The zero-order chi connectivity index (χ0) is 34.4. The number of nitriles is 1. The third kappa shape index (κ3) is 11.6. The normalized spacial score (nSPS) is 11.3. The fraction of sp³-hybridized carbons (Fsp3) is 0.353. The molecule has 0 unspecified atom stereocenters. The maximum absolute atomic E-state index is 12.9. The average molecular weight is 658 g/mol. The van der Waals surface area contributed by atoms with E-state index in [0.717, 1.165) is 17.0 Å². The van der Waals surface area contributed by atoms with E-state index >= 15 is 0 Å². The minimum Gasteiger partial charge on any atom is -0.465 e. The van der Waals surface area contributed by atoms with Gasteiger partial charge in [0.05, 0.1) is 35.4 Å². The molecular weight excluding hydrogens is 618 g/mol. The van der Waals surface area contributed by atoms with Gasteiger partial charge in [0, 0.05) is 24.4 Å². The number of amides is 1. The molecule has 0 bridgehead atoms. The number of azo groups is 2. The Morgan fingerprint density at radius 3 is 2.40 bits per heavy atom. The first kappa shape index (κ1) is 36.3. The number of carbonyl (C=O) groups is 3. The van der Waals surface area contributed by atoms with Crippen LogP contribution in [0.15, 0.2) is 87.2 Å². The minimum absolute atomic E-state index is 0.0620. The van der Waals surface area contributed by atoms with Crippen molar-refractivity contribution in [3.05, 3.63) is 72.3 Å². The van der Waals surface area contributed by atoms with Gasteiger partial charge in [-0.2, -0.15) is 5.26 Å².